The molecule has 91 heavy (non-hydrogen) atoms. The van der Waals surface area contributed by atoms with E-state index in [9.17, 15) is 45.6 Å². The van der Waals surface area contributed by atoms with E-state index >= 15 is 0 Å². The predicted molar refractivity (Wildman–Crippen MR) is 373 cm³/mol. The third kappa shape index (κ3) is 44.3. The van der Waals surface area contributed by atoms with Crippen LogP contribution in [0.15, 0.2) is 97.2 Å². The molecular formula is C77H135NO13. The highest BCUT2D eigenvalue weighted by Gasteiger charge is 2.51. The average molecular weight is 1280 g/mol. The van der Waals surface area contributed by atoms with Crippen LogP contribution in [0.25, 0.3) is 0 Å². The van der Waals surface area contributed by atoms with Gasteiger partial charge in [-0.25, -0.2) is 0 Å². The number of nitrogens with one attached hydrogen (secondary N) is 1. The fourth-order valence-electron chi connectivity index (χ4n) is 11.7. The first kappa shape index (κ1) is 84.0. The summed E-state index contributed by atoms with van der Waals surface area (Å²) < 4.78 is 22.9. The Labute approximate surface area is 553 Å². The summed E-state index contributed by atoms with van der Waals surface area (Å²) >= 11 is 0. The monoisotopic (exact) mass is 1280 g/mol. The number of hydrogen-bond acceptors (Lipinski definition) is 13. The van der Waals surface area contributed by atoms with Crippen LogP contribution in [0.5, 0.6) is 0 Å². The van der Waals surface area contributed by atoms with Crippen molar-refractivity contribution < 1.29 is 64.6 Å². The third-order valence-electron chi connectivity index (χ3n) is 17.6. The van der Waals surface area contributed by atoms with Crippen molar-refractivity contribution >= 4 is 5.91 Å². The first-order valence-corrected chi connectivity index (χ1v) is 37.0. The van der Waals surface area contributed by atoms with Gasteiger partial charge in [-0.05, 0) is 77.0 Å². The van der Waals surface area contributed by atoms with Crippen LogP contribution in [-0.2, 0) is 23.7 Å². The van der Waals surface area contributed by atoms with Crippen LogP contribution in [0.3, 0.4) is 0 Å². The summed E-state index contributed by atoms with van der Waals surface area (Å²) in [6.07, 6.45) is 68.5. The number of rotatable bonds is 60. The molecular weight excluding hydrogens is 1150 g/mol. The number of carbonyl (C=O) groups is 1. The van der Waals surface area contributed by atoms with Crippen molar-refractivity contribution in [1.82, 2.24) is 5.32 Å². The first-order valence-electron chi connectivity index (χ1n) is 37.0. The summed E-state index contributed by atoms with van der Waals surface area (Å²) in [5, 5.41) is 87.6. The molecule has 9 N–H and O–H groups in total. The van der Waals surface area contributed by atoms with Gasteiger partial charge in [0.05, 0.1) is 32.0 Å². The molecule has 2 fully saturated rings. The molecule has 2 heterocycles. The summed E-state index contributed by atoms with van der Waals surface area (Å²) in [6, 6.07) is -0.834. The standard InChI is InChI=1S/C77H135NO13/c1-3-5-7-9-11-13-15-17-19-21-23-24-25-26-27-28-29-30-31-32-33-34-35-36-37-38-39-40-41-42-43-45-47-49-51-53-55-57-59-61-69(82)78-65(66(81)60-58-56-54-52-50-48-46-44-22-20-18-16-14-12-10-8-6-4-2)64-88-76-74(87)72(85)75(68(63-80)90-76)91-77-73(86)71(84)70(83)67(62-79)89-77/h5,7,11,13,17,19,23-24,26-27,29-30,32-33,35-36,65-68,70-77,79-81,83-87H,3-4,6,8-10,12,14-16,18,20-22,25,28,31,34,37-64H2,1-2H3,(H,78,82)/b7-5-,13-11-,19-17-,24-23-,27-26-,30-29-,33-32-,36-35-. The summed E-state index contributed by atoms with van der Waals surface area (Å²) in [5.41, 5.74) is 0. The Balaban J connectivity index is 1.60. The number of aliphatic hydroxyl groups is 8. The van der Waals surface area contributed by atoms with Crippen LogP contribution in [0, 0.1) is 0 Å². The third-order valence-corrected chi connectivity index (χ3v) is 17.6. The molecule has 0 radical (unpaired) electrons. The Hall–Kier alpha value is -3.09. The quantitative estimate of drug-likeness (QED) is 0.0204. The SMILES string of the molecule is CC/C=C\C/C=C\C/C=C\C/C=C\C/C=C\C/C=C\C/C=C\C/C=C\CCCCCCCCCCCCCCCCC(=O)NC(COC1OC(CO)C(OC2OC(CO)C(O)C(O)C2O)C(O)C1O)C(O)CCCCCCCCCCCCCCCCCCCC. The maximum absolute atomic E-state index is 13.4. The fourth-order valence-corrected chi connectivity index (χ4v) is 11.7. The summed E-state index contributed by atoms with van der Waals surface area (Å²) in [4.78, 5) is 13.4. The molecule has 14 nitrogen and oxygen atoms in total. The van der Waals surface area contributed by atoms with Crippen molar-refractivity contribution in [3.8, 4) is 0 Å². The zero-order valence-corrected chi connectivity index (χ0v) is 57.3. The second kappa shape index (κ2) is 60.6. The molecule has 0 aromatic heterocycles. The average Bonchev–Trinajstić information content (AvgIpc) is 1.19. The fraction of sp³-hybridized carbons (Fsp3) is 0.779. The van der Waals surface area contributed by atoms with Gasteiger partial charge in [-0.3, -0.25) is 4.79 Å². The van der Waals surface area contributed by atoms with Crippen molar-refractivity contribution in [3.63, 3.8) is 0 Å². The molecule has 2 rings (SSSR count). The van der Waals surface area contributed by atoms with Gasteiger partial charge in [-0.2, -0.15) is 0 Å². The minimum absolute atomic E-state index is 0.207. The molecule has 2 aliphatic heterocycles. The molecule has 2 saturated heterocycles. The zero-order chi connectivity index (χ0) is 65.9. The van der Waals surface area contributed by atoms with Crippen molar-refractivity contribution in [3.05, 3.63) is 97.2 Å². The highest BCUT2D eigenvalue weighted by molar-refractivity contribution is 5.76. The Kier molecular flexibility index (Phi) is 55.9. The van der Waals surface area contributed by atoms with Gasteiger partial charge < -0.3 is 65.1 Å². The van der Waals surface area contributed by atoms with Gasteiger partial charge in [-0.1, -0.05) is 304 Å². The normalized spacial score (nSPS) is 23.4. The van der Waals surface area contributed by atoms with E-state index in [1.807, 2.05) is 0 Å². The maximum atomic E-state index is 13.4. The van der Waals surface area contributed by atoms with Crippen molar-refractivity contribution in [1.29, 1.82) is 0 Å². The van der Waals surface area contributed by atoms with E-state index in [1.165, 1.54) is 161 Å². The first-order chi connectivity index (χ1) is 44.6. The molecule has 0 bridgehead atoms. The van der Waals surface area contributed by atoms with Crippen LogP contribution in [0.1, 0.15) is 290 Å². The van der Waals surface area contributed by atoms with E-state index in [2.05, 4.69) is 116 Å². The van der Waals surface area contributed by atoms with E-state index in [0.29, 0.717) is 12.8 Å². The van der Waals surface area contributed by atoms with Gasteiger partial charge in [-0.15, -0.1) is 0 Å². The number of amides is 1. The summed E-state index contributed by atoms with van der Waals surface area (Å²) in [7, 11) is 0. The maximum Gasteiger partial charge on any atom is 0.220 e. The number of carbonyl (C=O) groups excluding carboxylic acids is 1. The Bertz CT molecular complexity index is 1900. The minimum Gasteiger partial charge on any atom is -0.394 e. The number of aliphatic hydroxyl groups excluding tert-OH is 8. The number of ether oxygens (including phenoxy) is 4. The molecule has 2 aliphatic rings. The highest BCUT2D eigenvalue weighted by Crippen LogP contribution is 2.30. The lowest BCUT2D eigenvalue weighted by molar-refractivity contribution is -0.359. The summed E-state index contributed by atoms with van der Waals surface area (Å²) in [5.74, 6) is -0.207. The Morgan fingerprint density at radius 2 is 0.758 bits per heavy atom. The van der Waals surface area contributed by atoms with Crippen LogP contribution >= 0.6 is 0 Å². The highest BCUT2D eigenvalue weighted by atomic mass is 16.7. The topological polar surface area (TPSA) is 228 Å². The van der Waals surface area contributed by atoms with Crippen molar-refractivity contribution in [2.75, 3.05) is 19.8 Å². The number of hydrogen-bond donors (Lipinski definition) is 9. The Morgan fingerprint density at radius 3 is 1.16 bits per heavy atom. The molecule has 0 aromatic carbocycles. The van der Waals surface area contributed by atoms with E-state index in [-0.39, 0.29) is 12.5 Å². The minimum atomic E-state index is -1.79. The molecule has 0 aromatic rings. The largest absolute Gasteiger partial charge is 0.394 e. The van der Waals surface area contributed by atoms with E-state index in [4.69, 9.17) is 18.9 Å². The van der Waals surface area contributed by atoms with Gasteiger partial charge in [0.15, 0.2) is 12.6 Å². The smallest absolute Gasteiger partial charge is 0.220 e. The van der Waals surface area contributed by atoms with Crippen LogP contribution in [-0.4, -0.2) is 140 Å². The van der Waals surface area contributed by atoms with E-state index in [0.717, 1.165) is 103 Å². The van der Waals surface area contributed by atoms with Crippen LogP contribution in [0.2, 0.25) is 0 Å². The molecule has 0 aliphatic carbocycles. The van der Waals surface area contributed by atoms with Crippen molar-refractivity contribution in [2.45, 2.75) is 364 Å². The van der Waals surface area contributed by atoms with Gasteiger partial charge in [0.2, 0.25) is 5.91 Å². The lowest BCUT2D eigenvalue weighted by atomic mass is 9.97. The van der Waals surface area contributed by atoms with Gasteiger partial charge in [0.1, 0.15) is 48.8 Å². The summed E-state index contributed by atoms with van der Waals surface area (Å²) in [6.45, 7) is 2.77. The lowest BCUT2D eigenvalue weighted by Gasteiger charge is -2.46. The second-order valence-electron chi connectivity index (χ2n) is 25.7. The molecule has 526 valence electrons. The van der Waals surface area contributed by atoms with Gasteiger partial charge >= 0.3 is 0 Å². The molecule has 1 amide bonds. The van der Waals surface area contributed by atoms with Crippen LogP contribution in [0.4, 0.5) is 0 Å². The van der Waals surface area contributed by atoms with E-state index in [1.54, 1.807) is 0 Å². The molecule has 0 spiro atoms. The number of allylic oxidation sites excluding steroid dienone is 16. The molecule has 12 unspecified atom stereocenters. The second-order valence-corrected chi connectivity index (χ2v) is 25.7. The van der Waals surface area contributed by atoms with Crippen LogP contribution < -0.4 is 5.32 Å². The number of unbranched alkanes of at least 4 members (excludes halogenated alkanes) is 31. The zero-order valence-electron chi connectivity index (χ0n) is 57.3. The molecule has 0 saturated carbocycles. The van der Waals surface area contributed by atoms with Gasteiger partial charge in [0, 0.05) is 6.42 Å². The lowest BCUT2D eigenvalue weighted by Crippen LogP contribution is -2.65. The van der Waals surface area contributed by atoms with Crippen molar-refractivity contribution in [2.24, 2.45) is 0 Å². The van der Waals surface area contributed by atoms with Gasteiger partial charge in [0.25, 0.3) is 0 Å². The Morgan fingerprint density at radius 1 is 0.407 bits per heavy atom. The molecule has 12 atom stereocenters. The predicted octanol–water partition coefficient (Wildman–Crippen LogP) is 15.7. The molecule has 14 heteroatoms. The van der Waals surface area contributed by atoms with E-state index < -0.39 is 86.8 Å².